The van der Waals surface area contributed by atoms with Gasteiger partial charge in [0.1, 0.15) is 0 Å². The van der Waals surface area contributed by atoms with E-state index in [2.05, 4.69) is 35.4 Å². The van der Waals surface area contributed by atoms with Gasteiger partial charge in [-0.2, -0.15) is 0 Å². The minimum absolute atomic E-state index is 0.248. The highest BCUT2D eigenvalue weighted by molar-refractivity contribution is 7.14. The number of fused-ring (bicyclic) bond motifs is 1. The average molecular weight is 361 g/mol. The Morgan fingerprint density at radius 1 is 1.29 bits per heavy atom. The van der Waals surface area contributed by atoms with E-state index in [1.807, 2.05) is 16.2 Å². The molecule has 0 radical (unpaired) electrons. The Labute approximate surface area is 151 Å². The van der Waals surface area contributed by atoms with Crippen molar-refractivity contribution >= 4 is 28.6 Å². The molecule has 0 aromatic carbocycles. The van der Waals surface area contributed by atoms with Gasteiger partial charge in [-0.3, -0.25) is 9.69 Å². The zero-order valence-corrected chi connectivity index (χ0v) is 15.8. The Hall–Kier alpha value is -1.17. The van der Waals surface area contributed by atoms with Gasteiger partial charge < -0.3 is 4.90 Å². The summed E-state index contributed by atoms with van der Waals surface area (Å²) in [6.07, 6.45) is 3.57. The van der Waals surface area contributed by atoms with Gasteiger partial charge in [-0.25, -0.2) is 0 Å². The number of piperazine rings is 1. The lowest BCUT2D eigenvalue weighted by atomic mass is 9.90. The van der Waals surface area contributed by atoms with Crippen LogP contribution in [0.2, 0.25) is 0 Å². The molecule has 1 aliphatic heterocycles. The van der Waals surface area contributed by atoms with Crippen LogP contribution in [0, 0.1) is 5.92 Å². The SMILES string of the molecule is C[C@H]1CCc2sc(C(=O)N3CCN(Cc4cccs4)CC3)cc2C1. The van der Waals surface area contributed by atoms with Crippen LogP contribution < -0.4 is 0 Å². The Kier molecular flexibility index (Phi) is 4.74. The molecule has 0 saturated carbocycles. The number of thiophene rings is 2. The maximum Gasteiger partial charge on any atom is 0.264 e. The summed E-state index contributed by atoms with van der Waals surface area (Å²) < 4.78 is 0. The monoisotopic (exact) mass is 360 g/mol. The van der Waals surface area contributed by atoms with Crippen molar-refractivity contribution in [2.75, 3.05) is 26.2 Å². The Morgan fingerprint density at radius 2 is 2.12 bits per heavy atom. The summed E-state index contributed by atoms with van der Waals surface area (Å²) in [6, 6.07) is 6.48. The van der Waals surface area contributed by atoms with Gasteiger partial charge in [0.05, 0.1) is 4.88 Å². The van der Waals surface area contributed by atoms with E-state index in [4.69, 9.17) is 0 Å². The molecule has 128 valence electrons. The van der Waals surface area contributed by atoms with E-state index in [1.54, 1.807) is 11.3 Å². The van der Waals surface area contributed by atoms with Crippen LogP contribution in [-0.2, 0) is 19.4 Å². The number of rotatable bonds is 3. The Bertz CT molecular complexity index is 699. The zero-order chi connectivity index (χ0) is 16.5. The first-order valence-electron chi connectivity index (χ1n) is 8.84. The number of hydrogen-bond donors (Lipinski definition) is 0. The fourth-order valence-corrected chi connectivity index (χ4v) is 5.62. The molecule has 1 atom stereocenters. The van der Waals surface area contributed by atoms with Crippen molar-refractivity contribution in [2.45, 2.75) is 32.7 Å². The second-order valence-corrected chi connectivity index (χ2v) is 9.22. The molecule has 0 bridgehead atoms. The van der Waals surface area contributed by atoms with Crippen LogP contribution in [0.1, 0.15) is 38.3 Å². The number of carbonyl (C=O) groups is 1. The molecule has 2 aromatic heterocycles. The molecule has 0 N–H and O–H groups in total. The van der Waals surface area contributed by atoms with E-state index in [0.29, 0.717) is 0 Å². The van der Waals surface area contributed by atoms with E-state index in [0.717, 1.165) is 56.4 Å². The molecule has 2 aromatic rings. The summed E-state index contributed by atoms with van der Waals surface area (Å²) in [7, 11) is 0. The van der Waals surface area contributed by atoms with Crippen LogP contribution in [0.25, 0.3) is 0 Å². The van der Waals surface area contributed by atoms with E-state index < -0.39 is 0 Å². The fraction of sp³-hybridized carbons (Fsp3) is 0.526. The molecular formula is C19H24N2OS2. The minimum atomic E-state index is 0.248. The summed E-state index contributed by atoms with van der Waals surface area (Å²) in [5.41, 5.74) is 1.43. The molecule has 24 heavy (non-hydrogen) atoms. The van der Waals surface area contributed by atoms with Crippen molar-refractivity contribution in [3.05, 3.63) is 43.8 Å². The summed E-state index contributed by atoms with van der Waals surface area (Å²) >= 11 is 3.56. The van der Waals surface area contributed by atoms with Gasteiger partial charge in [-0.1, -0.05) is 13.0 Å². The molecule has 1 aliphatic carbocycles. The molecular weight excluding hydrogens is 336 g/mol. The third-order valence-electron chi connectivity index (χ3n) is 5.16. The molecule has 1 amide bonds. The van der Waals surface area contributed by atoms with Crippen LogP contribution in [0.4, 0.5) is 0 Å². The average Bonchev–Trinajstić information content (AvgIpc) is 3.24. The smallest absolute Gasteiger partial charge is 0.264 e. The van der Waals surface area contributed by atoms with Gasteiger partial charge in [0.15, 0.2) is 0 Å². The summed E-state index contributed by atoms with van der Waals surface area (Å²) in [4.78, 5) is 21.2. The van der Waals surface area contributed by atoms with Crippen molar-refractivity contribution in [1.29, 1.82) is 0 Å². The standard InChI is InChI=1S/C19H24N2OS2/c1-14-4-5-17-15(11-14)12-18(24-17)19(22)21-8-6-20(7-9-21)13-16-3-2-10-23-16/h2-3,10,12,14H,4-9,11,13H2,1H3/t14-/m0/s1. The van der Waals surface area contributed by atoms with Gasteiger partial charge in [0, 0.05) is 42.5 Å². The maximum absolute atomic E-state index is 12.8. The van der Waals surface area contributed by atoms with Gasteiger partial charge in [0.2, 0.25) is 0 Å². The molecule has 3 heterocycles. The molecule has 1 fully saturated rings. The van der Waals surface area contributed by atoms with Crippen molar-refractivity contribution in [3.8, 4) is 0 Å². The second-order valence-electron chi connectivity index (χ2n) is 7.05. The molecule has 4 rings (SSSR count). The molecule has 0 unspecified atom stereocenters. The number of hydrogen-bond acceptors (Lipinski definition) is 4. The van der Waals surface area contributed by atoms with Crippen molar-refractivity contribution in [1.82, 2.24) is 9.80 Å². The highest BCUT2D eigenvalue weighted by Crippen LogP contribution is 2.32. The first kappa shape index (κ1) is 16.3. The zero-order valence-electron chi connectivity index (χ0n) is 14.2. The first-order valence-corrected chi connectivity index (χ1v) is 10.5. The largest absolute Gasteiger partial charge is 0.335 e. The molecule has 1 saturated heterocycles. The molecule has 5 heteroatoms. The maximum atomic E-state index is 12.8. The Balaban J connectivity index is 1.36. The van der Waals surface area contributed by atoms with E-state index >= 15 is 0 Å². The topological polar surface area (TPSA) is 23.6 Å². The normalized spacial score (nSPS) is 21.7. The lowest BCUT2D eigenvalue weighted by Gasteiger charge is -2.34. The van der Waals surface area contributed by atoms with E-state index in [-0.39, 0.29) is 5.91 Å². The Morgan fingerprint density at radius 3 is 2.88 bits per heavy atom. The van der Waals surface area contributed by atoms with Gasteiger partial charge >= 0.3 is 0 Å². The van der Waals surface area contributed by atoms with Crippen molar-refractivity contribution in [3.63, 3.8) is 0 Å². The fourth-order valence-electron chi connectivity index (χ4n) is 3.70. The quantitative estimate of drug-likeness (QED) is 0.829. The highest BCUT2D eigenvalue weighted by atomic mass is 32.1. The summed E-state index contributed by atoms with van der Waals surface area (Å²) in [6.45, 7) is 6.99. The predicted octanol–water partition coefficient (Wildman–Crippen LogP) is 3.89. The third-order valence-corrected chi connectivity index (χ3v) is 7.25. The van der Waals surface area contributed by atoms with Crippen LogP contribution >= 0.6 is 22.7 Å². The van der Waals surface area contributed by atoms with Crippen LogP contribution in [0.15, 0.2) is 23.6 Å². The van der Waals surface area contributed by atoms with Gasteiger partial charge in [0.25, 0.3) is 5.91 Å². The van der Waals surface area contributed by atoms with Crippen molar-refractivity contribution in [2.24, 2.45) is 5.92 Å². The summed E-state index contributed by atoms with van der Waals surface area (Å²) in [5, 5.41) is 2.13. The molecule has 2 aliphatic rings. The highest BCUT2D eigenvalue weighted by Gasteiger charge is 2.26. The second kappa shape index (κ2) is 6.98. The number of carbonyl (C=O) groups excluding carboxylic acids is 1. The number of amides is 1. The minimum Gasteiger partial charge on any atom is -0.335 e. The van der Waals surface area contributed by atoms with Crippen LogP contribution in [0.5, 0.6) is 0 Å². The molecule has 3 nitrogen and oxygen atoms in total. The van der Waals surface area contributed by atoms with Crippen LogP contribution in [-0.4, -0.2) is 41.9 Å². The van der Waals surface area contributed by atoms with Crippen LogP contribution in [0.3, 0.4) is 0 Å². The van der Waals surface area contributed by atoms with Gasteiger partial charge in [-0.05, 0) is 48.3 Å². The summed E-state index contributed by atoms with van der Waals surface area (Å²) in [5.74, 6) is 1.01. The first-order chi connectivity index (χ1) is 11.7. The van der Waals surface area contributed by atoms with Crippen molar-refractivity contribution < 1.29 is 4.79 Å². The lowest BCUT2D eigenvalue weighted by molar-refractivity contribution is 0.0634. The molecule has 0 spiro atoms. The lowest BCUT2D eigenvalue weighted by Crippen LogP contribution is -2.48. The number of aryl methyl sites for hydroxylation is 1. The van der Waals surface area contributed by atoms with E-state index in [9.17, 15) is 4.79 Å². The number of nitrogens with zero attached hydrogens (tertiary/aromatic N) is 2. The third kappa shape index (κ3) is 3.44. The van der Waals surface area contributed by atoms with E-state index in [1.165, 1.54) is 21.7 Å². The van der Waals surface area contributed by atoms with Gasteiger partial charge in [-0.15, -0.1) is 22.7 Å². The predicted molar refractivity (Wildman–Crippen MR) is 101 cm³/mol.